The predicted octanol–water partition coefficient (Wildman–Crippen LogP) is 6.19. The fraction of sp³-hybridized carbons (Fsp3) is 0.185. The molecule has 0 bridgehead atoms. The minimum Gasteiger partial charge on any atom is -0.346 e. The molecule has 2 nitrogen and oxygen atoms in total. The number of hydrogen-bond donors (Lipinski definition) is 0. The molecule has 0 aliphatic heterocycles. The van der Waals surface area contributed by atoms with Crippen molar-refractivity contribution in [2.45, 2.75) is 33.1 Å². The second-order valence-corrected chi connectivity index (χ2v) is 7.87. The molecule has 0 aliphatic rings. The average Bonchev–Trinajstić information content (AvgIpc) is 3.17. The van der Waals surface area contributed by atoms with Gasteiger partial charge in [-0.05, 0) is 47.9 Å². The summed E-state index contributed by atoms with van der Waals surface area (Å²) in [5.41, 5.74) is 6.06. The van der Waals surface area contributed by atoms with Crippen LogP contribution < -0.4 is 0 Å². The highest BCUT2D eigenvalue weighted by Crippen LogP contribution is 2.17. The Morgan fingerprint density at radius 1 is 0.700 bits per heavy atom. The van der Waals surface area contributed by atoms with Crippen LogP contribution in [0.1, 0.15) is 27.9 Å². The van der Waals surface area contributed by atoms with E-state index in [1.165, 1.54) is 28.5 Å². The van der Waals surface area contributed by atoms with Crippen molar-refractivity contribution in [3.05, 3.63) is 131 Å². The molecule has 0 saturated carbocycles. The van der Waals surface area contributed by atoms with Crippen molar-refractivity contribution >= 4 is 0 Å². The van der Waals surface area contributed by atoms with Gasteiger partial charge in [0, 0.05) is 38.1 Å². The standard InChI is InChI=1S/C27H27FN2/c1-22-12-14-24(15-13-22)20-30-16-6-11-27(30)21-29(18-23-7-3-2-4-8-23)19-25-9-5-10-26(28)17-25/h2-17H,18-21H2,1H3. The molecule has 0 fully saturated rings. The molecule has 3 heteroatoms. The van der Waals surface area contributed by atoms with E-state index in [9.17, 15) is 4.39 Å². The Bertz CT molecular complexity index is 1070. The smallest absolute Gasteiger partial charge is 0.123 e. The molecule has 3 aromatic carbocycles. The van der Waals surface area contributed by atoms with E-state index >= 15 is 0 Å². The van der Waals surface area contributed by atoms with E-state index in [0.29, 0.717) is 6.54 Å². The van der Waals surface area contributed by atoms with Crippen LogP contribution in [0.4, 0.5) is 4.39 Å². The first kappa shape index (κ1) is 20.1. The highest BCUT2D eigenvalue weighted by Gasteiger charge is 2.12. The largest absolute Gasteiger partial charge is 0.346 e. The van der Waals surface area contributed by atoms with Crippen molar-refractivity contribution in [3.63, 3.8) is 0 Å². The fourth-order valence-corrected chi connectivity index (χ4v) is 3.77. The van der Waals surface area contributed by atoms with Crippen LogP contribution in [0.2, 0.25) is 0 Å². The van der Waals surface area contributed by atoms with Gasteiger partial charge in [-0.15, -0.1) is 0 Å². The lowest BCUT2D eigenvalue weighted by Gasteiger charge is -2.24. The minimum atomic E-state index is -0.185. The Hall–Kier alpha value is -3.17. The monoisotopic (exact) mass is 398 g/mol. The summed E-state index contributed by atoms with van der Waals surface area (Å²) in [7, 11) is 0. The number of benzene rings is 3. The zero-order valence-corrected chi connectivity index (χ0v) is 17.3. The molecule has 152 valence electrons. The van der Waals surface area contributed by atoms with E-state index in [2.05, 4.69) is 83.3 Å². The lowest BCUT2D eigenvalue weighted by atomic mass is 10.1. The first-order valence-electron chi connectivity index (χ1n) is 10.4. The van der Waals surface area contributed by atoms with Gasteiger partial charge in [0.1, 0.15) is 5.82 Å². The van der Waals surface area contributed by atoms with Crippen molar-refractivity contribution in [2.75, 3.05) is 0 Å². The van der Waals surface area contributed by atoms with Crippen molar-refractivity contribution in [2.24, 2.45) is 0 Å². The summed E-state index contributed by atoms with van der Waals surface area (Å²) in [4.78, 5) is 2.37. The van der Waals surface area contributed by atoms with E-state index in [1.54, 1.807) is 12.1 Å². The average molecular weight is 399 g/mol. The van der Waals surface area contributed by atoms with Gasteiger partial charge >= 0.3 is 0 Å². The number of rotatable bonds is 8. The van der Waals surface area contributed by atoms with E-state index in [0.717, 1.165) is 25.2 Å². The molecule has 0 unspecified atom stereocenters. The van der Waals surface area contributed by atoms with Gasteiger partial charge in [-0.1, -0.05) is 72.3 Å². The lowest BCUT2D eigenvalue weighted by molar-refractivity contribution is 0.241. The van der Waals surface area contributed by atoms with Crippen LogP contribution in [-0.2, 0) is 26.2 Å². The Labute approximate surface area is 178 Å². The summed E-state index contributed by atoms with van der Waals surface area (Å²) in [6, 6.07) is 30.3. The molecule has 1 heterocycles. The number of nitrogens with zero attached hydrogens (tertiary/aromatic N) is 2. The summed E-state index contributed by atoms with van der Waals surface area (Å²) < 4.78 is 16.0. The third kappa shape index (κ3) is 5.46. The van der Waals surface area contributed by atoms with Crippen LogP contribution in [-0.4, -0.2) is 9.47 Å². The SMILES string of the molecule is Cc1ccc(Cn2cccc2CN(Cc2ccccc2)Cc2cccc(F)c2)cc1. The molecule has 30 heavy (non-hydrogen) atoms. The van der Waals surface area contributed by atoms with Crippen molar-refractivity contribution < 1.29 is 4.39 Å². The second kappa shape index (κ2) is 9.55. The summed E-state index contributed by atoms with van der Waals surface area (Å²) in [6.07, 6.45) is 2.14. The predicted molar refractivity (Wildman–Crippen MR) is 121 cm³/mol. The van der Waals surface area contributed by atoms with Gasteiger partial charge in [0.15, 0.2) is 0 Å². The van der Waals surface area contributed by atoms with Crippen molar-refractivity contribution in [3.8, 4) is 0 Å². The number of aryl methyl sites for hydroxylation is 1. The fourth-order valence-electron chi connectivity index (χ4n) is 3.77. The summed E-state index contributed by atoms with van der Waals surface area (Å²) in [5.74, 6) is -0.185. The molecule has 4 rings (SSSR count). The first-order chi connectivity index (χ1) is 14.7. The molecule has 0 aliphatic carbocycles. The van der Waals surface area contributed by atoms with E-state index in [4.69, 9.17) is 0 Å². The van der Waals surface area contributed by atoms with Crippen molar-refractivity contribution in [1.29, 1.82) is 0 Å². The maximum Gasteiger partial charge on any atom is 0.123 e. The maximum absolute atomic E-state index is 13.7. The Morgan fingerprint density at radius 2 is 1.43 bits per heavy atom. The Balaban J connectivity index is 1.54. The Kier molecular flexibility index (Phi) is 6.41. The number of hydrogen-bond acceptors (Lipinski definition) is 1. The molecule has 4 aromatic rings. The maximum atomic E-state index is 13.7. The summed E-state index contributed by atoms with van der Waals surface area (Å²) in [5, 5.41) is 0. The van der Waals surface area contributed by atoms with Crippen LogP contribution in [0.5, 0.6) is 0 Å². The van der Waals surface area contributed by atoms with Gasteiger partial charge < -0.3 is 4.57 Å². The summed E-state index contributed by atoms with van der Waals surface area (Å²) in [6.45, 7) is 5.26. The molecular formula is C27H27FN2. The van der Waals surface area contributed by atoms with Gasteiger partial charge in [-0.25, -0.2) is 4.39 Å². The molecule has 0 N–H and O–H groups in total. The third-order valence-corrected chi connectivity index (χ3v) is 5.33. The van der Waals surface area contributed by atoms with Crippen molar-refractivity contribution in [1.82, 2.24) is 9.47 Å². The van der Waals surface area contributed by atoms with Crippen LogP contribution in [0.25, 0.3) is 0 Å². The van der Waals surface area contributed by atoms with Crippen LogP contribution >= 0.6 is 0 Å². The van der Waals surface area contributed by atoms with Crippen LogP contribution in [0.15, 0.2) is 97.2 Å². The van der Waals surface area contributed by atoms with E-state index in [1.807, 2.05) is 12.1 Å². The van der Waals surface area contributed by atoms with Gasteiger partial charge in [0.2, 0.25) is 0 Å². The zero-order chi connectivity index (χ0) is 20.8. The molecule has 0 radical (unpaired) electrons. The Morgan fingerprint density at radius 3 is 2.20 bits per heavy atom. The molecule has 0 amide bonds. The second-order valence-electron chi connectivity index (χ2n) is 7.87. The molecule has 0 saturated heterocycles. The highest BCUT2D eigenvalue weighted by molar-refractivity contribution is 5.23. The molecule has 0 atom stereocenters. The van der Waals surface area contributed by atoms with Gasteiger partial charge in [0.05, 0.1) is 0 Å². The van der Waals surface area contributed by atoms with Gasteiger partial charge in [0.25, 0.3) is 0 Å². The minimum absolute atomic E-state index is 0.185. The number of aromatic nitrogens is 1. The normalized spacial score (nSPS) is 11.2. The zero-order valence-electron chi connectivity index (χ0n) is 17.3. The van der Waals surface area contributed by atoms with Gasteiger partial charge in [-0.2, -0.15) is 0 Å². The quantitative estimate of drug-likeness (QED) is 0.344. The molecule has 0 spiro atoms. The molecular weight excluding hydrogens is 371 g/mol. The topological polar surface area (TPSA) is 8.17 Å². The van der Waals surface area contributed by atoms with Crippen LogP contribution in [0, 0.1) is 12.7 Å². The number of halogens is 1. The lowest BCUT2D eigenvalue weighted by Crippen LogP contribution is -2.24. The first-order valence-corrected chi connectivity index (χ1v) is 10.4. The molecule has 1 aromatic heterocycles. The van der Waals surface area contributed by atoms with E-state index in [-0.39, 0.29) is 5.82 Å². The van der Waals surface area contributed by atoms with Gasteiger partial charge in [-0.3, -0.25) is 4.90 Å². The van der Waals surface area contributed by atoms with Crippen LogP contribution in [0.3, 0.4) is 0 Å². The van der Waals surface area contributed by atoms with E-state index < -0.39 is 0 Å². The summed E-state index contributed by atoms with van der Waals surface area (Å²) >= 11 is 0. The highest BCUT2D eigenvalue weighted by atomic mass is 19.1. The third-order valence-electron chi connectivity index (χ3n) is 5.33.